The maximum absolute atomic E-state index is 13.2. The number of nitriles is 1. The quantitative estimate of drug-likeness (QED) is 0.405. The number of benzene rings is 3. The monoisotopic (exact) mass is 424 g/mol. The minimum Gasteiger partial charge on any atom is -0.487 e. The summed E-state index contributed by atoms with van der Waals surface area (Å²) in [7, 11) is 0. The predicted molar refractivity (Wildman–Crippen MR) is 111 cm³/mol. The van der Waals surface area contributed by atoms with E-state index in [1.807, 2.05) is 6.07 Å². The number of anilines is 1. The van der Waals surface area contributed by atoms with Crippen LogP contribution in [-0.4, -0.2) is 5.91 Å². The van der Waals surface area contributed by atoms with Crippen LogP contribution in [0.2, 0.25) is 5.02 Å². The second-order valence-electron chi connectivity index (χ2n) is 6.24. The molecule has 3 rings (SSSR count). The molecule has 30 heavy (non-hydrogen) atoms. The van der Waals surface area contributed by atoms with Crippen LogP contribution in [0.1, 0.15) is 11.1 Å². The zero-order valence-corrected chi connectivity index (χ0v) is 16.3. The lowest BCUT2D eigenvalue weighted by Crippen LogP contribution is -2.13. The van der Waals surface area contributed by atoms with E-state index in [-0.39, 0.29) is 23.0 Å². The standard InChI is InChI=1S/C23H15ClF2N2O2/c24-21-12-15(4-9-22(21)30-14-16-2-1-3-19(26)11-16)10-17(13-27)23(29)28-20-7-5-18(25)6-8-20/h1-12H,14H2,(H,28,29)/b17-10+. The number of carbonyl (C=O) groups is 1. The summed E-state index contributed by atoms with van der Waals surface area (Å²) in [5, 5.41) is 12.1. The van der Waals surface area contributed by atoms with Crippen LogP contribution in [0.15, 0.2) is 72.3 Å². The van der Waals surface area contributed by atoms with Gasteiger partial charge in [-0.1, -0.05) is 29.8 Å². The van der Waals surface area contributed by atoms with E-state index < -0.39 is 11.7 Å². The number of amides is 1. The van der Waals surface area contributed by atoms with Crippen molar-refractivity contribution in [3.63, 3.8) is 0 Å². The number of nitrogens with one attached hydrogen (secondary N) is 1. The van der Waals surface area contributed by atoms with Crippen molar-refractivity contribution in [2.45, 2.75) is 6.61 Å². The van der Waals surface area contributed by atoms with E-state index in [0.29, 0.717) is 22.6 Å². The zero-order valence-electron chi connectivity index (χ0n) is 15.5. The lowest BCUT2D eigenvalue weighted by molar-refractivity contribution is -0.112. The SMILES string of the molecule is N#C/C(=C\c1ccc(OCc2cccc(F)c2)c(Cl)c1)C(=O)Nc1ccc(F)cc1. The summed E-state index contributed by atoms with van der Waals surface area (Å²) in [6.07, 6.45) is 1.38. The first kappa shape index (κ1) is 21.0. The van der Waals surface area contributed by atoms with E-state index in [1.165, 1.54) is 42.5 Å². The van der Waals surface area contributed by atoms with E-state index in [2.05, 4.69) is 5.32 Å². The van der Waals surface area contributed by atoms with Crippen LogP contribution in [0, 0.1) is 23.0 Å². The number of nitrogens with zero attached hydrogens (tertiary/aromatic N) is 1. The van der Waals surface area contributed by atoms with E-state index in [0.717, 1.165) is 0 Å². The topological polar surface area (TPSA) is 62.1 Å². The van der Waals surface area contributed by atoms with Crippen molar-refractivity contribution < 1.29 is 18.3 Å². The lowest BCUT2D eigenvalue weighted by atomic mass is 10.1. The largest absolute Gasteiger partial charge is 0.487 e. The van der Waals surface area contributed by atoms with E-state index in [1.54, 1.807) is 30.3 Å². The van der Waals surface area contributed by atoms with Gasteiger partial charge in [-0.15, -0.1) is 0 Å². The molecule has 0 atom stereocenters. The van der Waals surface area contributed by atoms with Gasteiger partial charge in [0.1, 0.15) is 35.6 Å². The molecule has 150 valence electrons. The predicted octanol–water partition coefficient (Wildman–Crippen LogP) is 5.74. The van der Waals surface area contributed by atoms with Gasteiger partial charge in [0, 0.05) is 5.69 Å². The molecule has 3 aromatic carbocycles. The fourth-order valence-electron chi connectivity index (χ4n) is 2.56. The molecule has 0 aliphatic heterocycles. The molecule has 1 amide bonds. The Morgan fingerprint density at radius 2 is 1.83 bits per heavy atom. The van der Waals surface area contributed by atoms with Crippen molar-refractivity contribution in [2.24, 2.45) is 0 Å². The molecule has 0 aliphatic carbocycles. The van der Waals surface area contributed by atoms with Crippen molar-refractivity contribution in [1.82, 2.24) is 0 Å². The first-order chi connectivity index (χ1) is 14.4. The summed E-state index contributed by atoms with van der Waals surface area (Å²) in [5.74, 6) is -1.04. The van der Waals surface area contributed by atoms with Gasteiger partial charge in [-0.05, 0) is 65.7 Å². The van der Waals surface area contributed by atoms with E-state index in [4.69, 9.17) is 16.3 Å². The van der Waals surface area contributed by atoms with Crippen LogP contribution >= 0.6 is 11.6 Å². The van der Waals surface area contributed by atoms with Crippen molar-refractivity contribution in [2.75, 3.05) is 5.32 Å². The zero-order chi connectivity index (χ0) is 21.5. The summed E-state index contributed by atoms with van der Waals surface area (Å²) in [4.78, 5) is 12.3. The maximum atomic E-state index is 13.2. The molecule has 3 aromatic rings. The third kappa shape index (κ3) is 5.66. The Balaban J connectivity index is 1.70. The van der Waals surface area contributed by atoms with Gasteiger partial charge in [-0.2, -0.15) is 5.26 Å². The second-order valence-corrected chi connectivity index (χ2v) is 6.65. The Morgan fingerprint density at radius 1 is 1.07 bits per heavy atom. The van der Waals surface area contributed by atoms with E-state index >= 15 is 0 Å². The molecule has 0 heterocycles. The Kier molecular flexibility index (Phi) is 6.79. The first-order valence-electron chi connectivity index (χ1n) is 8.80. The average Bonchev–Trinajstić information content (AvgIpc) is 2.73. The highest BCUT2D eigenvalue weighted by atomic mass is 35.5. The maximum Gasteiger partial charge on any atom is 0.266 e. The number of carbonyl (C=O) groups excluding carboxylic acids is 1. The fourth-order valence-corrected chi connectivity index (χ4v) is 2.80. The molecule has 0 radical (unpaired) electrons. The number of halogens is 3. The van der Waals surface area contributed by atoms with Gasteiger partial charge >= 0.3 is 0 Å². The van der Waals surface area contributed by atoms with Crippen LogP contribution in [-0.2, 0) is 11.4 Å². The van der Waals surface area contributed by atoms with Crippen LogP contribution in [0.4, 0.5) is 14.5 Å². The van der Waals surface area contributed by atoms with E-state index in [9.17, 15) is 18.8 Å². The van der Waals surface area contributed by atoms with Gasteiger partial charge in [-0.3, -0.25) is 4.79 Å². The van der Waals surface area contributed by atoms with Crippen molar-refractivity contribution in [3.8, 4) is 11.8 Å². The summed E-state index contributed by atoms with van der Waals surface area (Å²) in [5.41, 5.74) is 1.38. The molecule has 0 fully saturated rings. The normalized spacial score (nSPS) is 10.9. The molecule has 0 bridgehead atoms. The lowest BCUT2D eigenvalue weighted by Gasteiger charge is -2.09. The van der Waals surface area contributed by atoms with Crippen LogP contribution in [0.3, 0.4) is 0 Å². The number of rotatable bonds is 6. The van der Waals surface area contributed by atoms with Gasteiger partial charge < -0.3 is 10.1 Å². The molecule has 0 spiro atoms. The Labute approximate surface area is 177 Å². The van der Waals surface area contributed by atoms with Gasteiger partial charge in [0.2, 0.25) is 0 Å². The summed E-state index contributed by atoms with van der Waals surface area (Å²) < 4.78 is 31.8. The third-order valence-electron chi connectivity index (χ3n) is 4.02. The second kappa shape index (κ2) is 9.68. The number of hydrogen-bond donors (Lipinski definition) is 1. The highest BCUT2D eigenvalue weighted by molar-refractivity contribution is 6.32. The molecular weight excluding hydrogens is 410 g/mol. The molecule has 1 N–H and O–H groups in total. The average molecular weight is 425 g/mol. The molecule has 0 aliphatic rings. The Bertz CT molecular complexity index is 1140. The smallest absolute Gasteiger partial charge is 0.266 e. The summed E-state index contributed by atoms with van der Waals surface area (Å²) in [6.45, 7) is 0.135. The minimum absolute atomic E-state index is 0.135. The molecule has 0 saturated carbocycles. The van der Waals surface area contributed by atoms with Crippen LogP contribution < -0.4 is 10.1 Å². The van der Waals surface area contributed by atoms with Gasteiger partial charge in [-0.25, -0.2) is 8.78 Å². The minimum atomic E-state index is -0.633. The van der Waals surface area contributed by atoms with Crippen molar-refractivity contribution in [1.29, 1.82) is 5.26 Å². The molecule has 7 heteroatoms. The highest BCUT2D eigenvalue weighted by Gasteiger charge is 2.11. The molecule has 4 nitrogen and oxygen atoms in total. The molecular formula is C23H15ClF2N2O2. The summed E-state index contributed by atoms with van der Waals surface area (Å²) in [6, 6.07) is 17.8. The number of hydrogen-bond acceptors (Lipinski definition) is 3. The first-order valence-corrected chi connectivity index (χ1v) is 9.18. The Morgan fingerprint density at radius 3 is 2.50 bits per heavy atom. The van der Waals surface area contributed by atoms with Crippen molar-refractivity contribution in [3.05, 3.63) is 100 Å². The van der Waals surface area contributed by atoms with Crippen LogP contribution in [0.5, 0.6) is 5.75 Å². The molecule has 0 aromatic heterocycles. The highest BCUT2D eigenvalue weighted by Crippen LogP contribution is 2.27. The fraction of sp³-hybridized carbons (Fsp3) is 0.0435. The Hall–Kier alpha value is -3.69. The van der Waals surface area contributed by atoms with Crippen LogP contribution in [0.25, 0.3) is 6.08 Å². The summed E-state index contributed by atoms with van der Waals surface area (Å²) >= 11 is 6.23. The van der Waals surface area contributed by atoms with Gasteiger partial charge in [0.05, 0.1) is 5.02 Å². The third-order valence-corrected chi connectivity index (χ3v) is 4.31. The van der Waals surface area contributed by atoms with Crippen molar-refractivity contribution >= 4 is 29.3 Å². The molecule has 0 unspecified atom stereocenters. The van der Waals surface area contributed by atoms with Gasteiger partial charge in [0.15, 0.2) is 0 Å². The number of ether oxygens (including phenoxy) is 1. The van der Waals surface area contributed by atoms with Gasteiger partial charge in [0.25, 0.3) is 5.91 Å². The molecule has 0 saturated heterocycles.